The Labute approximate surface area is 127 Å². The van der Waals surface area contributed by atoms with Gasteiger partial charge in [-0.25, -0.2) is 4.98 Å². The van der Waals surface area contributed by atoms with Crippen LogP contribution in [0.5, 0.6) is 5.75 Å². The Morgan fingerprint density at radius 1 is 1.43 bits per heavy atom. The van der Waals surface area contributed by atoms with Gasteiger partial charge in [-0.1, -0.05) is 11.3 Å². The molecule has 2 aromatic rings. The van der Waals surface area contributed by atoms with Gasteiger partial charge in [0, 0.05) is 26.1 Å². The van der Waals surface area contributed by atoms with Crippen LogP contribution in [0.4, 0.5) is 5.13 Å². The van der Waals surface area contributed by atoms with Crippen molar-refractivity contribution < 1.29 is 9.53 Å². The first-order valence-corrected chi connectivity index (χ1v) is 7.94. The quantitative estimate of drug-likeness (QED) is 0.945. The number of anilines is 1. The lowest BCUT2D eigenvalue weighted by molar-refractivity contribution is -0.125. The number of nitrogens with one attached hydrogen (secondary N) is 1. The molecule has 0 saturated carbocycles. The van der Waals surface area contributed by atoms with Gasteiger partial charge >= 0.3 is 0 Å². The number of thiazole rings is 1. The van der Waals surface area contributed by atoms with Gasteiger partial charge in [-0.05, 0) is 31.0 Å². The normalized spacial score (nSPS) is 16.2. The third-order valence-corrected chi connectivity index (χ3v) is 5.05. The smallest absolute Gasteiger partial charge is 0.222 e. The summed E-state index contributed by atoms with van der Waals surface area (Å²) in [6.07, 6.45) is 1.78. The molecule has 21 heavy (non-hydrogen) atoms. The first-order chi connectivity index (χ1) is 10.2. The van der Waals surface area contributed by atoms with Crippen LogP contribution in [0.15, 0.2) is 18.2 Å². The summed E-state index contributed by atoms with van der Waals surface area (Å²) in [4.78, 5) is 18.6. The number of nitrogens with zero attached hydrogens (tertiary/aromatic N) is 2. The Morgan fingerprint density at radius 3 is 2.86 bits per heavy atom. The van der Waals surface area contributed by atoms with Crippen molar-refractivity contribution in [1.29, 1.82) is 0 Å². The van der Waals surface area contributed by atoms with E-state index in [0.717, 1.165) is 47.0 Å². The number of ether oxygens (including phenoxy) is 1. The van der Waals surface area contributed by atoms with Crippen molar-refractivity contribution in [1.82, 2.24) is 10.3 Å². The van der Waals surface area contributed by atoms with Gasteiger partial charge in [0.05, 0.1) is 17.3 Å². The number of amides is 1. The van der Waals surface area contributed by atoms with E-state index in [1.54, 1.807) is 25.5 Å². The zero-order chi connectivity index (χ0) is 14.8. The van der Waals surface area contributed by atoms with Crippen LogP contribution in [0.25, 0.3) is 10.2 Å². The van der Waals surface area contributed by atoms with E-state index < -0.39 is 0 Å². The topological polar surface area (TPSA) is 54.5 Å². The van der Waals surface area contributed by atoms with Gasteiger partial charge in [-0.3, -0.25) is 4.79 Å². The molecular formula is C15H19N3O2S. The minimum absolute atomic E-state index is 0.140. The van der Waals surface area contributed by atoms with Gasteiger partial charge in [0.2, 0.25) is 5.91 Å². The van der Waals surface area contributed by atoms with Gasteiger partial charge < -0.3 is 15.0 Å². The third-order valence-electron chi connectivity index (χ3n) is 3.97. The second-order valence-corrected chi connectivity index (χ2v) is 6.21. The van der Waals surface area contributed by atoms with Crippen molar-refractivity contribution in [3.05, 3.63) is 18.2 Å². The van der Waals surface area contributed by atoms with Crippen LogP contribution in [-0.2, 0) is 4.79 Å². The van der Waals surface area contributed by atoms with Crippen LogP contribution in [0.3, 0.4) is 0 Å². The maximum Gasteiger partial charge on any atom is 0.222 e. The number of hydrogen-bond acceptors (Lipinski definition) is 5. The number of fused-ring (bicyclic) bond motifs is 1. The average molecular weight is 305 g/mol. The van der Waals surface area contributed by atoms with Crippen molar-refractivity contribution in [2.24, 2.45) is 5.92 Å². The maximum absolute atomic E-state index is 11.7. The first-order valence-electron chi connectivity index (χ1n) is 7.12. The van der Waals surface area contributed by atoms with E-state index in [1.807, 2.05) is 18.2 Å². The highest BCUT2D eigenvalue weighted by atomic mass is 32.1. The van der Waals surface area contributed by atoms with Crippen LogP contribution in [0, 0.1) is 5.92 Å². The molecule has 2 heterocycles. The molecule has 0 radical (unpaired) electrons. The van der Waals surface area contributed by atoms with Crippen LogP contribution in [0.2, 0.25) is 0 Å². The number of piperidine rings is 1. The number of carbonyl (C=O) groups excluding carboxylic acids is 1. The lowest BCUT2D eigenvalue weighted by Crippen LogP contribution is -2.39. The molecule has 1 aliphatic rings. The van der Waals surface area contributed by atoms with Gasteiger partial charge in [0.15, 0.2) is 5.13 Å². The van der Waals surface area contributed by atoms with Crippen molar-refractivity contribution in [2.75, 3.05) is 32.1 Å². The monoisotopic (exact) mass is 305 g/mol. The maximum atomic E-state index is 11.7. The lowest BCUT2D eigenvalue weighted by Gasteiger charge is -2.30. The Balaban J connectivity index is 1.74. The molecule has 0 spiro atoms. The number of hydrogen-bond donors (Lipinski definition) is 1. The Kier molecular flexibility index (Phi) is 3.96. The molecule has 1 aromatic heterocycles. The number of carbonyl (C=O) groups is 1. The molecule has 1 amide bonds. The molecule has 5 nitrogen and oxygen atoms in total. The van der Waals surface area contributed by atoms with Crippen LogP contribution in [0.1, 0.15) is 12.8 Å². The van der Waals surface area contributed by atoms with Gasteiger partial charge in [0.1, 0.15) is 5.75 Å². The fourth-order valence-corrected chi connectivity index (χ4v) is 3.74. The van der Waals surface area contributed by atoms with Crippen LogP contribution in [-0.4, -0.2) is 38.1 Å². The van der Waals surface area contributed by atoms with Crippen molar-refractivity contribution in [2.45, 2.75) is 12.8 Å². The van der Waals surface area contributed by atoms with Crippen molar-refractivity contribution >= 4 is 32.6 Å². The van der Waals surface area contributed by atoms with E-state index >= 15 is 0 Å². The molecule has 0 bridgehead atoms. The van der Waals surface area contributed by atoms with E-state index in [0.29, 0.717) is 0 Å². The summed E-state index contributed by atoms with van der Waals surface area (Å²) in [5.74, 6) is 1.15. The highest BCUT2D eigenvalue weighted by Gasteiger charge is 2.25. The van der Waals surface area contributed by atoms with Gasteiger partial charge in [-0.2, -0.15) is 0 Å². The predicted octanol–water partition coefficient (Wildman–Crippen LogP) is 2.27. The molecule has 1 aliphatic heterocycles. The summed E-state index contributed by atoms with van der Waals surface area (Å²) in [6.45, 7) is 1.77. The molecule has 0 atom stereocenters. The van der Waals surface area contributed by atoms with E-state index in [-0.39, 0.29) is 11.8 Å². The zero-order valence-corrected chi connectivity index (χ0v) is 13.1. The largest absolute Gasteiger partial charge is 0.497 e. The summed E-state index contributed by atoms with van der Waals surface area (Å²) in [5, 5.41) is 3.77. The van der Waals surface area contributed by atoms with E-state index in [4.69, 9.17) is 9.72 Å². The van der Waals surface area contributed by atoms with Crippen molar-refractivity contribution in [3.8, 4) is 5.75 Å². The number of rotatable bonds is 3. The summed E-state index contributed by atoms with van der Waals surface area (Å²) < 4.78 is 6.39. The second kappa shape index (κ2) is 5.89. The summed E-state index contributed by atoms with van der Waals surface area (Å²) in [6, 6.07) is 5.95. The summed E-state index contributed by atoms with van der Waals surface area (Å²) >= 11 is 1.68. The second-order valence-electron chi connectivity index (χ2n) is 5.21. The Hall–Kier alpha value is -1.82. The molecule has 1 fully saturated rings. The van der Waals surface area contributed by atoms with Crippen LogP contribution >= 0.6 is 11.3 Å². The number of benzene rings is 1. The molecule has 6 heteroatoms. The molecule has 112 valence electrons. The summed E-state index contributed by atoms with van der Waals surface area (Å²) in [5.41, 5.74) is 1.00. The minimum atomic E-state index is 0.140. The van der Waals surface area contributed by atoms with Crippen LogP contribution < -0.4 is 15.0 Å². The molecule has 1 N–H and O–H groups in total. The standard InChI is InChI=1S/C15H19N3O2S/c1-16-14(19)10-5-7-18(8-6-10)15-17-12-4-3-11(20-2)9-13(12)21-15/h3-4,9-10H,5-8H2,1-2H3,(H,16,19). The first kappa shape index (κ1) is 14.1. The van der Waals surface area contributed by atoms with Crippen molar-refractivity contribution in [3.63, 3.8) is 0 Å². The fourth-order valence-electron chi connectivity index (χ4n) is 2.69. The molecule has 3 rings (SSSR count). The molecule has 0 unspecified atom stereocenters. The molecule has 1 aromatic carbocycles. The van der Waals surface area contributed by atoms with Gasteiger partial charge in [0.25, 0.3) is 0 Å². The lowest BCUT2D eigenvalue weighted by atomic mass is 9.96. The Morgan fingerprint density at radius 2 is 2.19 bits per heavy atom. The SMILES string of the molecule is CNC(=O)C1CCN(c2nc3ccc(OC)cc3s2)CC1. The third kappa shape index (κ3) is 2.81. The summed E-state index contributed by atoms with van der Waals surface area (Å²) in [7, 11) is 3.38. The van der Waals surface area contributed by atoms with Gasteiger partial charge in [-0.15, -0.1) is 0 Å². The number of methoxy groups -OCH3 is 1. The van der Waals surface area contributed by atoms with E-state index in [1.165, 1.54) is 0 Å². The van der Waals surface area contributed by atoms with E-state index in [2.05, 4.69) is 10.2 Å². The predicted molar refractivity (Wildman–Crippen MR) is 85.2 cm³/mol. The minimum Gasteiger partial charge on any atom is -0.497 e. The number of aromatic nitrogens is 1. The zero-order valence-electron chi connectivity index (χ0n) is 12.3. The fraction of sp³-hybridized carbons (Fsp3) is 0.467. The molecule has 0 aliphatic carbocycles. The molecular weight excluding hydrogens is 286 g/mol. The van der Waals surface area contributed by atoms with E-state index in [9.17, 15) is 4.79 Å². The highest BCUT2D eigenvalue weighted by molar-refractivity contribution is 7.22. The highest BCUT2D eigenvalue weighted by Crippen LogP contribution is 2.33. The molecule has 1 saturated heterocycles. The average Bonchev–Trinajstić information content (AvgIpc) is 2.97. The Bertz CT molecular complexity index is 647.